The van der Waals surface area contributed by atoms with Crippen LogP contribution in [0.1, 0.15) is 87.3 Å². The molecule has 0 aliphatic heterocycles. The molecular formula is C31H50O3. The highest BCUT2D eigenvalue weighted by molar-refractivity contribution is 5.84. The van der Waals surface area contributed by atoms with E-state index in [0.717, 1.165) is 24.8 Å². The maximum Gasteiger partial charge on any atom is 0.139 e. The van der Waals surface area contributed by atoms with Gasteiger partial charge in [0.1, 0.15) is 17.3 Å². The van der Waals surface area contributed by atoms with Gasteiger partial charge in [0, 0.05) is 29.0 Å². The third-order valence-electron chi connectivity index (χ3n) is 5.67. The van der Waals surface area contributed by atoms with Gasteiger partial charge in [0.05, 0.1) is 0 Å². The van der Waals surface area contributed by atoms with Gasteiger partial charge in [0.2, 0.25) is 0 Å². The quantitative estimate of drug-likeness (QED) is 0.329. The van der Waals surface area contributed by atoms with Gasteiger partial charge in [-0.05, 0) is 62.3 Å². The highest BCUT2D eigenvalue weighted by Crippen LogP contribution is 2.24. The van der Waals surface area contributed by atoms with Crippen molar-refractivity contribution in [2.45, 2.75) is 87.0 Å². The number of allylic oxidation sites excluding steroid dienone is 1. The van der Waals surface area contributed by atoms with Crippen molar-refractivity contribution in [1.29, 1.82) is 0 Å². The molecule has 0 heterocycles. The maximum absolute atomic E-state index is 12.1. The van der Waals surface area contributed by atoms with Crippen LogP contribution in [-0.4, -0.2) is 17.3 Å². The lowest BCUT2D eigenvalue weighted by atomic mass is 9.82. The van der Waals surface area contributed by atoms with E-state index in [-0.39, 0.29) is 21.3 Å². The molecule has 0 radical (unpaired) electrons. The number of carbonyl (C=O) groups is 3. The molecule has 3 nitrogen and oxygen atoms in total. The Morgan fingerprint density at radius 1 is 0.912 bits per heavy atom. The molecule has 2 aromatic carbocycles. The first-order chi connectivity index (χ1) is 16.0. The molecule has 0 saturated heterocycles. The highest BCUT2D eigenvalue weighted by Gasteiger charge is 2.25. The van der Waals surface area contributed by atoms with Gasteiger partial charge in [-0.3, -0.25) is 9.59 Å². The molecule has 192 valence electrons. The zero-order valence-corrected chi connectivity index (χ0v) is 22.4. The number of Topliss-reactive ketones (excluding diaryl/α,β-unsaturated/α-hetero) is 3. The van der Waals surface area contributed by atoms with Crippen LogP contribution in [0.2, 0.25) is 0 Å². The van der Waals surface area contributed by atoms with Crippen LogP contribution in [0.5, 0.6) is 0 Å². The average molecular weight is 471 g/mol. The Morgan fingerprint density at radius 2 is 1.44 bits per heavy atom. The van der Waals surface area contributed by atoms with E-state index in [1.807, 2.05) is 51.1 Å². The van der Waals surface area contributed by atoms with Crippen LogP contribution in [0.15, 0.2) is 61.2 Å². The Morgan fingerprint density at radius 3 is 1.88 bits per heavy atom. The summed E-state index contributed by atoms with van der Waals surface area (Å²) >= 11 is 0. The smallest absolute Gasteiger partial charge is 0.139 e. The molecular weight excluding hydrogens is 420 g/mol. The van der Waals surface area contributed by atoms with Gasteiger partial charge in [0.25, 0.3) is 0 Å². The third kappa shape index (κ3) is 13.7. The molecule has 0 aliphatic carbocycles. The number of benzene rings is 2. The summed E-state index contributed by atoms with van der Waals surface area (Å²) in [6.45, 7) is 17.0. The maximum atomic E-state index is 12.1. The summed E-state index contributed by atoms with van der Waals surface area (Å²) in [6.07, 6.45) is 6.31. The van der Waals surface area contributed by atoms with Crippen LogP contribution in [0.25, 0.3) is 0 Å². The topological polar surface area (TPSA) is 51.2 Å². The van der Waals surface area contributed by atoms with E-state index in [1.54, 1.807) is 13.8 Å². The van der Waals surface area contributed by atoms with E-state index in [1.165, 1.54) is 16.7 Å². The Labute approximate surface area is 212 Å². The summed E-state index contributed by atoms with van der Waals surface area (Å²) in [5.74, 6) is 0.796. The van der Waals surface area contributed by atoms with Crippen molar-refractivity contribution in [1.82, 2.24) is 0 Å². The van der Waals surface area contributed by atoms with Crippen molar-refractivity contribution in [3.63, 3.8) is 0 Å². The first kappa shape index (κ1) is 31.2. The lowest BCUT2D eigenvalue weighted by molar-refractivity contribution is -0.127. The Bertz CT molecular complexity index is 920. The fourth-order valence-corrected chi connectivity index (χ4v) is 3.13. The molecule has 0 bridgehead atoms. The number of hydrogen-bond acceptors (Lipinski definition) is 3. The summed E-state index contributed by atoms with van der Waals surface area (Å²) in [6, 6.07) is 16.5. The van der Waals surface area contributed by atoms with Gasteiger partial charge in [0.15, 0.2) is 0 Å². The van der Waals surface area contributed by atoms with E-state index in [0.29, 0.717) is 25.0 Å². The van der Waals surface area contributed by atoms with Crippen molar-refractivity contribution >= 4 is 17.3 Å². The summed E-state index contributed by atoms with van der Waals surface area (Å²) in [5, 5.41) is 0. The predicted octanol–water partition coefficient (Wildman–Crippen LogP) is 8.20. The fourth-order valence-electron chi connectivity index (χ4n) is 3.13. The molecule has 0 N–H and O–H groups in total. The second-order valence-corrected chi connectivity index (χ2v) is 9.33. The largest absolute Gasteiger partial charge is 0.300 e. The Kier molecular flexibility index (Phi) is 15.4. The molecule has 0 fully saturated rings. The van der Waals surface area contributed by atoms with Crippen LogP contribution < -0.4 is 0 Å². The molecule has 34 heavy (non-hydrogen) atoms. The second kappa shape index (κ2) is 16.7. The van der Waals surface area contributed by atoms with Gasteiger partial charge >= 0.3 is 0 Å². The zero-order chi connectivity index (χ0) is 26.1. The molecule has 0 aromatic heterocycles. The number of aryl methyl sites for hydroxylation is 3. The van der Waals surface area contributed by atoms with Crippen molar-refractivity contribution in [2.24, 2.45) is 5.41 Å². The summed E-state index contributed by atoms with van der Waals surface area (Å²) in [4.78, 5) is 32.7. The first-order valence-electron chi connectivity index (χ1n) is 12.2. The monoisotopic (exact) mass is 470 g/mol. The molecule has 2 rings (SSSR count). The fraction of sp³-hybridized carbons (Fsp3) is 0.452. The molecule has 0 aliphatic rings. The second-order valence-electron chi connectivity index (χ2n) is 9.33. The summed E-state index contributed by atoms with van der Waals surface area (Å²) in [7, 11) is 0. The van der Waals surface area contributed by atoms with Gasteiger partial charge < -0.3 is 4.79 Å². The molecule has 3 heteroatoms. The van der Waals surface area contributed by atoms with Crippen LogP contribution >= 0.6 is 0 Å². The van der Waals surface area contributed by atoms with E-state index >= 15 is 0 Å². The predicted molar refractivity (Wildman–Crippen MR) is 151 cm³/mol. The van der Waals surface area contributed by atoms with Gasteiger partial charge in [-0.1, -0.05) is 82.3 Å². The molecule has 0 saturated carbocycles. The SMILES string of the molecule is C=CCC(C)(C)C(=O)CCc1ccccc1C.CCC(C)=O.CCc1ccc(CC(C)=O)cc1.[HH].[HH].[HH]. The van der Waals surface area contributed by atoms with Gasteiger partial charge in [-0.15, -0.1) is 6.58 Å². The van der Waals surface area contributed by atoms with Crippen molar-refractivity contribution in [3.8, 4) is 0 Å². The molecule has 0 spiro atoms. The normalized spacial score (nSPS) is 10.2. The van der Waals surface area contributed by atoms with E-state index in [9.17, 15) is 14.4 Å². The number of ketones is 3. The Hall–Kier alpha value is -2.81. The van der Waals surface area contributed by atoms with Crippen LogP contribution in [0, 0.1) is 12.3 Å². The molecule has 0 amide bonds. The van der Waals surface area contributed by atoms with Crippen LogP contribution in [0.3, 0.4) is 0 Å². The minimum absolute atomic E-state index is 0. The lowest BCUT2D eigenvalue weighted by Crippen LogP contribution is -2.23. The average Bonchev–Trinajstić information content (AvgIpc) is 2.79. The summed E-state index contributed by atoms with van der Waals surface area (Å²) in [5.41, 5.74) is 4.70. The number of hydrogen-bond donors (Lipinski definition) is 0. The van der Waals surface area contributed by atoms with E-state index in [2.05, 4.69) is 44.7 Å². The van der Waals surface area contributed by atoms with Crippen molar-refractivity contribution in [2.75, 3.05) is 0 Å². The van der Waals surface area contributed by atoms with Crippen molar-refractivity contribution < 1.29 is 18.7 Å². The lowest BCUT2D eigenvalue weighted by Gasteiger charge is -2.21. The number of carbonyl (C=O) groups excluding carboxylic acids is 3. The Balaban J connectivity index is -0.000000240. The van der Waals surface area contributed by atoms with Gasteiger partial charge in [-0.2, -0.15) is 0 Å². The first-order valence-corrected chi connectivity index (χ1v) is 12.2. The van der Waals surface area contributed by atoms with Crippen LogP contribution in [-0.2, 0) is 33.6 Å². The summed E-state index contributed by atoms with van der Waals surface area (Å²) < 4.78 is 0. The van der Waals surface area contributed by atoms with Crippen LogP contribution in [0.4, 0.5) is 0 Å². The molecule has 0 unspecified atom stereocenters. The number of rotatable bonds is 10. The third-order valence-corrected chi connectivity index (χ3v) is 5.67. The molecule has 2 aromatic rings. The van der Waals surface area contributed by atoms with Crippen molar-refractivity contribution in [3.05, 3.63) is 83.4 Å². The minimum Gasteiger partial charge on any atom is -0.300 e. The molecule has 0 atom stereocenters. The minimum atomic E-state index is -0.273. The zero-order valence-electron chi connectivity index (χ0n) is 22.4. The standard InChI is InChI=1S/C16H22O.C11H14O.C4H8O.3H2/c1-5-12-16(3,4)15(17)11-10-14-9-7-6-8-13(14)2;1-3-10-4-6-11(7-5-10)8-9(2)12;1-3-4(2)5;;;/h5-9H,1,10-12H2,2-4H3;4-7H,3,8H2,1-2H3;3H2,1-2H3;3*1H. The van der Waals surface area contributed by atoms with Gasteiger partial charge in [-0.25, -0.2) is 0 Å². The van der Waals surface area contributed by atoms with E-state index in [4.69, 9.17) is 0 Å². The highest BCUT2D eigenvalue weighted by atomic mass is 16.1. The van der Waals surface area contributed by atoms with E-state index < -0.39 is 0 Å².